The fourth-order valence-corrected chi connectivity index (χ4v) is 8.39. The second-order valence-electron chi connectivity index (χ2n) is 20.6. The smallest absolute Gasteiger partial charge is 0.321 e. The molecule has 0 bridgehead atoms. The van der Waals surface area contributed by atoms with Gasteiger partial charge in [0.1, 0.15) is 24.4 Å². The summed E-state index contributed by atoms with van der Waals surface area (Å²) in [4.78, 5) is 111. The van der Waals surface area contributed by atoms with Gasteiger partial charge in [-0.2, -0.15) is 11.8 Å². The molecule has 6 atom stereocenters. The van der Waals surface area contributed by atoms with E-state index < -0.39 is 59.7 Å². The molecule has 5 unspecified atom stereocenters. The average molecular weight is 1210 g/mol. The van der Waals surface area contributed by atoms with Crippen LogP contribution in [0.1, 0.15) is 91.0 Å². The molecule has 3 heterocycles. The van der Waals surface area contributed by atoms with Crippen LogP contribution in [0.25, 0.3) is 10.8 Å². The SMILES string of the molecule is CC(=O)C(N)Cc1cnc[nH]1.CC(N)C(=O)NCC(=O)N1CC(=O)NCC1=O.CCC(=O)Nc1ccc2ccccc2c1.CCC(C)C(C)C(=O)NC(Cc1ccccc1)C(N)=O.CCSC[C@H](N)C(=O)O.NC1CCN(Cc2ccccc2)CC1. The fraction of sp³-hybridized carbons (Fsp3) is 0.452. The number of hydrogen-bond donors (Lipinski definition) is 11. The molecule has 5 aromatic rings. The molecule has 2 fully saturated rings. The highest BCUT2D eigenvalue weighted by Crippen LogP contribution is 2.19. The summed E-state index contributed by atoms with van der Waals surface area (Å²) in [5.74, 6) is -1.93. The van der Waals surface area contributed by atoms with E-state index in [1.807, 2.05) is 101 Å². The third kappa shape index (κ3) is 30.3. The standard InChI is InChI=1S/C16H24N2O2.C13H13NO.C12H18N2.C9H14N4O4.C7H11N3O.C5H11NO2S/c1-4-11(2)12(3)16(20)18-14(15(17)19)10-13-8-6-5-7-9-13;1-2-13(15)14-12-8-7-10-5-3-4-6-11(10)9-12;13-12-6-8-14(9-7-12)10-11-4-2-1-3-5-11;1-5(10)9(17)12-3-8(16)13-4-6(14)11-2-7(13)15;1-5(11)7(8)2-6-3-9-4-10-6;1-2-9-3-4(6)5(7)8/h5-9,11-12,14H,4,10H2,1-3H3,(H2,17,19)(H,18,20);3-9H,2H2,1H3,(H,14,15);1-5,12H,6-10,13H2;5H,2-4,10H2,1H3,(H,11,14)(H,12,17);3-4,7H,2,8H2,1H3,(H,9,10);4H,2-3,6H2,1H3,(H,7,8)/t;;;;;4-/m.....0/s1. The molecule has 0 radical (unpaired) electrons. The highest BCUT2D eigenvalue weighted by atomic mass is 32.2. The number of carboxylic acids is 1. The van der Waals surface area contributed by atoms with Gasteiger partial charge in [-0.25, -0.2) is 4.98 Å². The van der Waals surface area contributed by atoms with Crippen molar-refractivity contribution in [3.63, 3.8) is 0 Å². The minimum Gasteiger partial charge on any atom is -0.480 e. The number of aromatic nitrogens is 2. The molecule has 4 aromatic carbocycles. The number of piperidine rings is 1. The van der Waals surface area contributed by atoms with E-state index in [0.29, 0.717) is 31.1 Å². The van der Waals surface area contributed by atoms with Crippen LogP contribution < -0.4 is 49.9 Å². The number of imidazole rings is 1. The maximum Gasteiger partial charge on any atom is 0.321 e. The number of carbonyl (C=O) groups is 9. The topological polar surface area (TPSA) is 387 Å². The number of Topliss-reactive ketones (excluding diaryl/α,β-unsaturated/α-hetero) is 1. The summed E-state index contributed by atoms with van der Waals surface area (Å²) in [5.41, 5.74) is 31.4. The number of anilines is 1. The van der Waals surface area contributed by atoms with Crippen molar-refractivity contribution >= 4 is 81.3 Å². The third-order valence-electron chi connectivity index (χ3n) is 13.6. The molecule has 0 spiro atoms. The van der Waals surface area contributed by atoms with Gasteiger partial charge >= 0.3 is 5.97 Å². The molecular weight excluding hydrogens is 1120 g/mol. The molecule has 2 aliphatic rings. The van der Waals surface area contributed by atoms with Crippen LogP contribution in [0.2, 0.25) is 0 Å². The lowest BCUT2D eigenvalue weighted by molar-refractivity contribution is -0.150. The molecular formula is C62H91N13O10S. The number of nitrogens with one attached hydrogen (secondary N) is 5. The van der Waals surface area contributed by atoms with Crippen molar-refractivity contribution in [2.75, 3.05) is 49.5 Å². The van der Waals surface area contributed by atoms with Crippen LogP contribution in [0, 0.1) is 11.8 Å². The predicted octanol–water partition coefficient (Wildman–Crippen LogP) is 3.63. The Morgan fingerprint density at radius 3 is 1.93 bits per heavy atom. The van der Waals surface area contributed by atoms with Crippen LogP contribution in [0.3, 0.4) is 0 Å². The van der Waals surface area contributed by atoms with Crippen LogP contribution >= 0.6 is 11.8 Å². The zero-order valence-corrected chi connectivity index (χ0v) is 51.5. The van der Waals surface area contributed by atoms with E-state index in [1.54, 1.807) is 12.5 Å². The number of H-pyrrole nitrogens is 1. The van der Waals surface area contributed by atoms with Crippen molar-refractivity contribution in [1.29, 1.82) is 0 Å². The number of fused-ring (bicyclic) bond motifs is 1. The van der Waals surface area contributed by atoms with Crippen LogP contribution in [-0.2, 0) is 62.5 Å². The molecule has 470 valence electrons. The van der Waals surface area contributed by atoms with Gasteiger partial charge in [0.2, 0.25) is 41.4 Å². The number of rotatable bonds is 21. The number of piperazine rings is 1. The molecule has 86 heavy (non-hydrogen) atoms. The van der Waals surface area contributed by atoms with Gasteiger partial charge in [0, 0.05) is 61.1 Å². The highest BCUT2D eigenvalue weighted by molar-refractivity contribution is 7.99. The Balaban J connectivity index is 0.000000358. The minimum atomic E-state index is -0.920. The zero-order chi connectivity index (χ0) is 64.1. The first-order chi connectivity index (χ1) is 40.9. The lowest BCUT2D eigenvalue weighted by atomic mass is 9.92. The van der Waals surface area contributed by atoms with E-state index in [2.05, 4.69) is 72.5 Å². The van der Waals surface area contributed by atoms with E-state index in [0.717, 1.165) is 71.9 Å². The second-order valence-corrected chi connectivity index (χ2v) is 22.0. The summed E-state index contributed by atoms with van der Waals surface area (Å²) in [7, 11) is 0. The number of likely N-dealkylation sites (tertiary alicyclic amines) is 1. The largest absolute Gasteiger partial charge is 0.480 e. The van der Waals surface area contributed by atoms with Crippen LogP contribution in [-0.4, -0.2) is 152 Å². The van der Waals surface area contributed by atoms with Crippen LogP contribution in [0.15, 0.2) is 116 Å². The molecule has 0 saturated carbocycles. The molecule has 24 heteroatoms. The number of ketones is 1. The van der Waals surface area contributed by atoms with Gasteiger partial charge in [0.15, 0.2) is 0 Å². The zero-order valence-electron chi connectivity index (χ0n) is 50.7. The molecule has 2 aliphatic heterocycles. The van der Waals surface area contributed by atoms with Crippen molar-refractivity contribution in [3.05, 3.63) is 132 Å². The monoisotopic (exact) mass is 1210 g/mol. The van der Waals surface area contributed by atoms with E-state index in [9.17, 15) is 43.2 Å². The van der Waals surface area contributed by atoms with E-state index in [-0.39, 0.29) is 49.1 Å². The average Bonchev–Trinajstić information content (AvgIpc) is 3.54. The van der Waals surface area contributed by atoms with Crippen LogP contribution in [0.4, 0.5) is 5.69 Å². The van der Waals surface area contributed by atoms with E-state index >= 15 is 0 Å². The molecule has 0 aliphatic carbocycles. The predicted molar refractivity (Wildman–Crippen MR) is 338 cm³/mol. The summed E-state index contributed by atoms with van der Waals surface area (Å²) in [6.45, 7) is 15.2. The Bertz CT molecular complexity index is 2860. The number of primary amides is 1. The number of aromatic amines is 1. The lowest BCUT2D eigenvalue weighted by Crippen LogP contribution is -2.56. The van der Waals surface area contributed by atoms with Crippen molar-refractivity contribution in [1.82, 2.24) is 35.7 Å². The number of amides is 7. The van der Waals surface area contributed by atoms with Gasteiger partial charge in [0.25, 0.3) is 0 Å². The highest BCUT2D eigenvalue weighted by Gasteiger charge is 2.29. The molecule has 1 aromatic heterocycles. The third-order valence-corrected chi connectivity index (χ3v) is 14.6. The van der Waals surface area contributed by atoms with Crippen molar-refractivity contribution < 1.29 is 48.3 Å². The Kier molecular flexibility index (Phi) is 35.6. The minimum absolute atomic E-state index is 0.000370. The van der Waals surface area contributed by atoms with Crippen molar-refractivity contribution in [2.45, 2.75) is 124 Å². The number of nitrogens with two attached hydrogens (primary N) is 5. The number of imide groups is 1. The Labute approximate surface area is 509 Å². The Hall–Kier alpha value is -7.87. The van der Waals surface area contributed by atoms with Gasteiger partial charge in [-0.3, -0.25) is 53.0 Å². The number of carboxylic acid groups (broad SMARTS) is 1. The number of thioether (sulfide) groups is 1. The van der Waals surface area contributed by atoms with Crippen molar-refractivity contribution in [2.24, 2.45) is 40.5 Å². The normalized spacial score (nSPS) is 15.0. The summed E-state index contributed by atoms with van der Waals surface area (Å²) in [6, 6.07) is 32.2. The molecule has 7 amide bonds. The first-order valence-electron chi connectivity index (χ1n) is 28.8. The molecule has 23 nitrogen and oxygen atoms in total. The molecule has 16 N–H and O–H groups in total. The number of carbonyl (C=O) groups excluding carboxylic acids is 8. The molecule has 2 saturated heterocycles. The number of benzene rings is 4. The summed E-state index contributed by atoms with van der Waals surface area (Å²) >= 11 is 1.54. The Morgan fingerprint density at radius 1 is 0.791 bits per heavy atom. The van der Waals surface area contributed by atoms with Gasteiger partial charge in [0.05, 0.1) is 31.5 Å². The van der Waals surface area contributed by atoms with Gasteiger partial charge < -0.3 is 60.0 Å². The lowest BCUT2D eigenvalue weighted by Gasteiger charge is -2.29. The first-order valence-corrected chi connectivity index (χ1v) is 29.9. The Morgan fingerprint density at radius 2 is 1.40 bits per heavy atom. The maximum atomic E-state index is 12.1. The van der Waals surface area contributed by atoms with E-state index in [4.69, 9.17) is 33.8 Å². The van der Waals surface area contributed by atoms with Crippen LogP contribution in [0.5, 0.6) is 0 Å². The summed E-state index contributed by atoms with van der Waals surface area (Å²) in [5, 5.41) is 20.8. The van der Waals surface area contributed by atoms with E-state index in [1.165, 1.54) is 36.6 Å². The number of aliphatic carboxylic acids is 1. The second kappa shape index (κ2) is 41.2. The summed E-state index contributed by atoms with van der Waals surface area (Å²) in [6.07, 6.45) is 7.93. The number of hydrogen-bond acceptors (Lipinski definition) is 16. The first kappa shape index (κ1) is 74.2. The van der Waals surface area contributed by atoms with Gasteiger partial charge in [-0.05, 0) is 85.5 Å². The van der Waals surface area contributed by atoms with Crippen molar-refractivity contribution in [3.8, 4) is 0 Å². The number of nitrogens with zero attached hydrogens (tertiary/aromatic N) is 3. The van der Waals surface area contributed by atoms with Gasteiger partial charge in [-0.1, -0.05) is 132 Å². The fourth-order valence-electron chi connectivity index (χ4n) is 7.75. The quantitative estimate of drug-likeness (QED) is 0.0499. The van der Waals surface area contributed by atoms with Gasteiger partial charge in [-0.15, -0.1) is 0 Å². The molecule has 7 rings (SSSR count). The maximum absolute atomic E-state index is 12.1. The summed E-state index contributed by atoms with van der Waals surface area (Å²) < 4.78 is 0.